The van der Waals surface area contributed by atoms with Crippen LogP contribution >= 0.6 is 11.6 Å². The quantitative estimate of drug-likeness (QED) is 0.490. The van der Waals surface area contributed by atoms with Gasteiger partial charge >= 0.3 is 11.8 Å². The number of hydrogen-bond acceptors (Lipinski definition) is 4. The molecule has 2 heterocycles. The average Bonchev–Trinajstić information content (AvgIpc) is 2.79. The van der Waals surface area contributed by atoms with E-state index in [1.807, 2.05) is 0 Å². The van der Waals surface area contributed by atoms with Crippen LogP contribution in [-0.2, 0) is 9.59 Å². The Hall–Kier alpha value is -3.52. The highest BCUT2D eigenvalue weighted by molar-refractivity contribution is 6.39. The minimum Gasteiger partial charge on any atom is -0.335 e. The van der Waals surface area contributed by atoms with Gasteiger partial charge in [-0.25, -0.2) is 9.37 Å². The molecule has 1 fully saturated rings. The van der Waals surface area contributed by atoms with Crippen LogP contribution in [0.15, 0.2) is 54.7 Å². The Kier molecular flexibility index (Phi) is 5.81. The van der Waals surface area contributed by atoms with E-state index >= 15 is 0 Å². The van der Waals surface area contributed by atoms with Gasteiger partial charge in [0.2, 0.25) is 0 Å². The summed E-state index contributed by atoms with van der Waals surface area (Å²) in [5.41, 5.74) is 0.814. The zero-order valence-corrected chi connectivity index (χ0v) is 17.1. The third kappa shape index (κ3) is 4.49. The third-order valence-electron chi connectivity index (χ3n) is 5.11. The Labute approximate surface area is 182 Å². The molecule has 2 aromatic carbocycles. The highest BCUT2D eigenvalue weighted by Crippen LogP contribution is 2.24. The molecule has 3 amide bonds. The molecule has 0 atom stereocenters. The summed E-state index contributed by atoms with van der Waals surface area (Å²) in [5.74, 6) is -2.09. The van der Waals surface area contributed by atoms with Gasteiger partial charge in [0.25, 0.3) is 5.91 Å². The molecule has 0 aliphatic carbocycles. The first-order valence-electron chi connectivity index (χ1n) is 9.62. The zero-order valence-electron chi connectivity index (χ0n) is 16.3. The maximum atomic E-state index is 13.0. The van der Waals surface area contributed by atoms with Crippen LogP contribution in [0.25, 0.3) is 10.8 Å². The van der Waals surface area contributed by atoms with Crippen LogP contribution in [0.2, 0.25) is 5.15 Å². The molecule has 3 aromatic rings. The Morgan fingerprint density at radius 2 is 1.61 bits per heavy atom. The summed E-state index contributed by atoms with van der Waals surface area (Å²) in [6, 6.07) is 12.2. The van der Waals surface area contributed by atoms with Crippen molar-refractivity contribution < 1.29 is 18.8 Å². The van der Waals surface area contributed by atoms with Crippen molar-refractivity contribution in [2.24, 2.45) is 0 Å². The van der Waals surface area contributed by atoms with Gasteiger partial charge in [0.05, 0.1) is 0 Å². The van der Waals surface area contributed by atoms with Crippen LogP contribution in [-0.4, -0.2) is 58.7 Å². The molecule has 9 heteroatoms. The van der Waals surface area contributed by atoms with Crippen molar-refractivity contribution in [2.45, 2.75) is 0 Å². The zero-order chi connectivity index (χ0) is 22.0. The van der Waals surface area contributed by atoms with E-state index in [-0.39, 0.29) is 32.1 Å². The van der Waals surface area contributed by atoms with E-state index in [1.54, 1.807) is 35.4 Å². The Morgan fingerprint density at radius 3 is 2.32 bits per heavy atom. The van der Waals surface area contributed by atoms with E-state index in [2.05, 4.69) is 10.3 Å². The summed E-state index contributed by atoms with van der Waals surface area (Å²) >= 11 is 6.09. The average molecular weight is 441 g/mol. The van der Waals surface area contributed by atoms with Crippen LogP contribution in [0.4, 0.5) is 10.1 Å². The smallest absolute Gasteiger partial charge is 0.313 e. The highest BCUT2D eigenvalue weighted by Gasteiger charge is 2.28. The molecule has 7 nitrogen and oxygen atoms in total. The van der Waals surface area contributed by atoms with Gasteiger partial charge < -0.3 is 15.1 Å². The van der Waals surface area contributed by atoms with Gasteiger partial charge in [0.15, 0.2) is 0 Å². The van der Waals surface area contributed by atoms with Gasteiger partial charge in [0, 0.05) is 49.0 Å². The molecular weight excluding hydrogens is 423 g/mol. The van der Waals surface area contributed by atoms with E-state index in [1.165, 1.54) is 29.2 Å². The van der Waals surface area contributed by atoms with Crippen molar-refractivity contribution in [3.63, 3.8) is 0 Å². The van der Waals surface area contributed by atoms with Gasteiger partial charge in [-0.15, -0.1) is 0 Å². The van der Waals surface area contributed by atoms with Gasteiger partial charge in [-0.1, -0.05) is 17.7 Å². The fourth-order valence-electron chi connectivity index (χ4n) is 3.43. The number of rotatable bonds is 2. The van der Waals surface area contributed by atoms with Gasteiger partial charge in [-0.3, -0.25) is 14.4 Å². The highest BCUT2D eigenvalue weighted by atomic mass is 35.5. The van der Waals surface area contributed by atoms with Crippen molar-refractivity contribution in [2.75, 3.05) is 31.5 Å². The molecule has 1 aliphatic rings. The SMILES string of the molecule is O=C(Nc1ccc2ccnc(Cl)c2c1)C(=O)N1CCN(C(=O)c2ccc(F)cc2)CC1. The number of fused-ring (bicyclic) bond motifs is 1. The van der Waals surface area contributed by atoms with E-state index in [9.17, 15) is 18.8 Å². The number of nitrogens with one attached hydrogen (secondary N) is 1. The molecule has 1 aliphatic heterocycles. The summed E-state index contributed by atoms with van der Waals surface area (Å²) in [4.78, 5) is 44.5. The standard InChI is InChI=1S/C22H18ClFN4O3/c23-19-18-13-17(6-3-14(18)7-8-25-19)26-20(29)22(31)28-11-9-27(10-12-28)21(30)15-1-4-16(24)5-2-15/h1-8,13H,9-12H2,(H,26,29). The van der Waals surface area contributed by atoms with Crippen LogP contribution in [0.3, 0.4) is 0 Å². The molecule has 4 rings (SSSR count). The predicted molar refractivity (Wildman–Crippen MR) is 114 cm³/mol. The molecule has 158 valence electrons. The lowest BCUT2D eigenvalue weighted by molar-refractivity contribution is -0.144. The fraction of sp³-hybridized carbons (Fsp3) is 0.182. The van der Waals surface area contributed by atoms with Gasteiger partial charge in [-0.05, 0) is 47.9 Å². The second-order valence-electron chi connectivity index (χ2n) is 7.08. The van der Waals surface area contributed by atoms with E-state index < -0.39 is 17.6 Å². The Balaban J connectivity index is 1.36. The summed E-state index contributed by atoms with van der Waals surface area (Å²) in [7, 11) is 0. The predicted octanol–water partition coefficient (Wildman–Crippen LogP) is 2.95. The number of pyridine rings is 1. The van der Waals surface area contributed by atoms with Gasteiger partial charge in [0.1, 0.15) is 11.0 Å². The van der Waals surface area contributed by atoms with Crippen molar-refractivity contribution in [1.82, 2.24) is 14.8 Å². The molecule has 1 saturated heterocycles. The number of amides is 3. The number of benzene rings is 2. The molecule has 1 aromatic heterocycles. The molecule has 31 heavy (non-hydrogen) atoms. The first-order valence-corrected chi connectivity index (χ1v) is 9.99. The Bertz CT molecular complexity index is 1160. The van der Waals surface area contributed by atoms with E-state index in [0.29, 0.717) is 21.8 Å². The molecule has 0 saturated carbocycles. The van der Waals surface area contributed by atoms with Crippen LogP contribution in [0.1, 0.15) is 10.4 Å². The van der Waals surface area contributed by atoms with Gasteiger partial charge in [-0.2, -0.15) is 0 Å². The number of hydrogen-bond donors (Lipinski definition) is 1. The number of carbonyl (C=O) groups excluding carboxylic acids is 3. The first kappa shape index (κ1) is 20.7. The Morgan fingerprint density at radius 1 is 0.935 bits per heavy atom. The summed E-state index contributed by atoms with van der Waals surface area (Å²) in [6.07, 6.45) is 1.59. The van der Waals surface area contributed by atoms with Crippen LogP contribution in [0.5, 0.6) is 0 Å². The molecule has 0 radical (unpaired) electrons. The number of carbonyl (C=O) groups is 3. The molecule has 1 N–H and O–H groups in total. The summed E-state index contributed by atoms with van der Waals surface area (Å²) < 4.78 is 13.0. The summed E-state index contributed by atoms with van der Waals surface area (Å²) in [5, 5.41) is 4.43. The van der Waals surface area contributed by atoms with Crippen molar-refractivity contribution in [3.05, 3.63) is 71.3 Å². The monoisotopic (exact) mass is 440 g/mol. The lowest BCUT2D eigenvalue weighted by Gasteiger charge is -2.34. The molecule has 0 unspecified atom stereocenters. The number of nitrogens with zero attached hydrogens (tertiary/aromatic N) is 3. The second-order valence-corrected chi connectivity index (χ2v) is 7.44. The number of halogens is 2. The molecule has 0 spiro atoms. The van der Waals surface area contributed by atoms with Crippen LogP contribution in [0, 0.1) is 5.82 Å². The normalized spacial score (nSPS) is 13.9. The second kappa shape index (κ2) is 8.69. The third-order valence-corrected chi connectivity index (χ3v) is 5.42. The van der Waals surface area contributed by atoms with E-state index in [0.717, 1.165) is 5.39 Å². The lowest BCUT2D eigenvalue weighted by atomic mass is 10.1. The number of piperazine rings is 1. The maximum absolute atomic E-state index is 13.0. The topological polar surface area (TPSA) is 82.6 Å². The number of anilines is 1. The molecule has 0 bridgehead atoms. The van der Waals surface area contributed by atoms with Crippen molar-refractivity contribution in [1.29, 1.82) is 0 Å². The summed E-state index contributed by atoms with van der Waals surface area (Å²) in [6.45, 7) is 1.03. The first-order chi connectivity index (χ1) is 14.9. The van der Waals surface area contributed by atoms with Crippen molar-refractivity contribution in [3.8, 4) is 0 Å². The van der Waals surface area contributed by atoms with Crippen molar-refractivity contribution >= 4 is 45.8 Å². The minimum absolute atomic E-state index is 0.229. The van der Waals surface area contributed by atoms with E-state index in [4.69, 9.17) is 11.6 Å². The minimum atomic E-state index is -0.766. The lowest BCUT2D eigenvalue weighted by Crippen LogP contribution is -2.53. The fourth-order valence-corrected chi connectivity index (χ4v) is 3.65. The number of aromatic nitrogens is 1. The van der Waals surface area contributed by atoms with Crippen LogP contribution < -0.4 is 5.32 Å². The maximum Gasteiger partial charge on any atom is 0.313 e. The molecular formula is C22H18ClFN4O3. The largest absolute Gasteiger partial charge is 0.335 e.